The molecule has 1 amide bonds. The van der Waals surface area contributed by atoms with Crippen LogP contribution in [-0.2, 0) is 11.3 Å². The van der Waals surface area contributed by atoms with E-state index in [-0.39, 0.29) is 11.7 Å². The summed E-state index contributed by atoms with van der Waals surface area (Å²) in [6, 6.07) is 0. The van der Waals surface area contributed by atoms with Crippen molar-refractivity contribution in [3.63, 3.8) is 0 Å². The van der Waals surface area contributed by atoms with Gasteiger partial charge in [-0.15, -0.1) is 0 Å². The molecule has 2 aromatic rings. The van der Waals surface area contributed by atoms with Gasteiger partial charge >= 0.3 is 0 Å². The second-order valence-electron chi connectivity index (χ2n) is 4.80. The summed E-state index contributed by atoms with van der Waals surface area (Å²) >= 11 is 0. The van der Waals surface area contributed by atoms with E-state index in [9.17, 15) is 4.79 Å². The Morgan fingerprint density at radius 1 is 1.50 bits per heavy atom. The summed E-state index contributed by atoms with van der Waals surface area (Å²) in [5, 5.41) is 13.1. The number of carbonyl (C=O) groups excluding carboxylic acids is 1. The minimum Gasteiger partial charge on any atom is -0.381 e. The molecule has 0 saturated carbocycles. The highest BCUT2D eigenvalue weighted by molar-refractivity contribution is 6.01. The van der Waals surface area contributed by atoms with Crippen LogP contribution in [0.25, 0.3) is 0 Å². The summed E-state index contributed by atoms with van der Waals surface area (Å²) in [7, 11) is 0. The van der Waals surface area contributed by atoms with E-state index in [1.54, 1.807) is 6.20 Å². The Labute approximate surface area is 115 Å². The van der Waals surface area contributed by atoms with Crippen molar-refractivity contribution < 1.29 is 9.53 Å². The molecule has 2 N–H and O–H groups in total. The van der Waals surface area contributed by atoms with Gasteiger partial charge in [0, 0.05) is 26.0 Å². The van der Waals surface area contributed by atoms with Gasteiger partial charge in [-0.25, -0.2) is 4.98 Å². The van der Waals surface area contributed by atoms with Gasteiger partial charge in [-0.05, 0) is 18.8 Å². The molecule has 8 nitrogen and oxygen atoms in total. The van der Waals surface area contributed by atoms with Crippen LogP contribution in [0.2, 0.25) is 0 Å². The fourth-order valence-corrected chi connectivity index (χ4v) is 2.23. The summed E-state index contributed by atoms with van der Waals surface area (Å²) in [5.74, 6) is 0.441. The van der Waals surface area contributed by atoms with Crippen LogP contribution >= 0.6 is 0 Å². The van der Waals surface area contributed by atoms with Crippen LogP contribution in [0.5, 0.6) is 0 Å². The lowest BCUT2D eigenvalue weighted by Gasteiger charge is -2.21. The number of amides is 1. The molecule has 1 fully saturated rings. The minimum atomic E-state index is -0.326. The molecule has 20 heavy (non-hydrogen) atoms. The number of ether oxygens (including phenoxy) is 1. The first kappa shape index (κ1) is 12.8. The Balaban J connectivity index is 1.57. The van der Waals surface area contributed by atoms with Crippen LogP contribution in [-0.4, -0.2) is 44.1 Å². The fraction of sp³-hybridized carbons (Fsp3) is 0.500. The molecule has 0 spiro atoms. The number of aromatic amines is 1. The molecule has 0 aliphatic carbocycles. The summed E-state index contributed by atoms with van der Waals surface area (Å²) < 4.78 is 7.19. The van der Waals surface area contributed by atoms with Gasteiger partial charge in [-0.3, -0.25) is 14.6 Å². The molecule has 8 heteroatoms. The van der Waals surface area contributed by atoms with Crippen LogP contribution in [0.3, 0.4) is 0 Å². The van der Waals surface area contributed by atoms with Crippen LogP contribution < -0.4 is 5.32 Å². The average Bonchev–Trinajstić information content (AvgIpc) is 3.11. The number of nitrogens with one attached hydrogen (secondary N) is 2. The maximum atomic E-state index is 11.8. The van der Waals surface area contributed by atoms with Gasteiger partial charge < -0.3 is 10.1 Å². The van der Waals surface area contributed by atoms with Gasteiger partial charge in [0.05, 0.1) is 11.9 Å². The molecule has 2 aromatic heterocycles. The van der Waals surface area contributed by atoms with Crippen molar-refractivity contribution in [2.24, 2.45) is 5.92 Å². The first-order chi connectivity index (χ1) is 9.81. The predicted molar refractivity (Wildman–Crippen MR) is 70.1 cm³/mol. The van der Waals surface area contributed by atoms with E-state index >= 15 is 0 Å². The number of aromatic nitrogens is 5. The van der Waals surface area contributed by atoms with Gasteiger partial charge in [0.25, 0.3) is 5.91 Å². The second kappa shape index (κ2) is 5.83. The van der Waals surface area contributed by atoms with Crippen LogP contribution in [0.15, 0.2) is 18.7 Å². The lowest BCUT2D eigenvalue weighted by atomic mass is 10.0. The smallest absolute Gasteiger partial charge is 0.293 e. The van der Waals surface area contributed by atoms with Gasteiger partial charge in [0.1, 0.15) is 6.33 Å². The quantitative estimate of drug-likeness (QED) is 0.855. The lowest BCUT2D eigenvalue weighted by molar-refractivity contribution is 0.0601. The summed E-state index contributed by atoms with van der Waals surface area (Å²) in [6.45, 7) is 2.49. The molecule has 0 radical (unpaired) electrons. The van der Waals surface area contributed by atoms with Crippen molar-refractivity contribution in [3.05, 3.63) is 24.5 Å². The number of hydrogen-bond acceptors (Lipinski definition) is 5. The molecule has 1 aliphatic heterocycles. The van der Waals surface area contributed by atoms with E-state index in [0.29, 0.717) is 11.6 Å². The van der Waals surface area contributed by atoms with Gasteiger partial charge in [-0.2, -0.15) is 10.2 Å². The minimum absolute atomic E-state index is 0.183. The highest BCUT2D eigenvalue weighted by atomic mass is 16.5. The number of rotatable bonds is 4. The zero-order valence-corrected chi connectivity index (χ0v) is 11.0. The monoisotopic (exact) mass is 276 g/mol. The number of anilines is 1. The van der Waals surface area contributed by atoms with E-state index in [0.717, 1.165) is 32.6 Å². The maximum Gasteiger partial charge on any atom is 0.293 e. The van der Waals surface area contributed by atoms with Gasteiger partial charge in [0.15, 0.2) is 0 Å². The fourth-order valence-electron chi connectivity index (χ4n) is 2.23. The van der Waals surface area contributed by atoms with Gasteiger partial charge in [-0.1, -0.05) is 0 Å². The molecule has 0 bridgehead atoms. The van der Waals surface area contributed by atoms with Crippen molar-refractivity contribution in [2.75, 3.05) is 18.5 Å². The first-order valence-corrected chi connectivity index (χ1v) is 6.58. The highest BCUT2D eigenvalue weighted by Gasteiger charge is 2.15. The highest BCUT2D eigenvalue weighted by Crippen LogP contribution is 2.17. The Hall–Kier alpha value is -2.22. The van der Waals surface area contributed by atoms with Crippen LogP contribution in [0, 0.1) is 5.92 Å². The molecular formula is C12H16N6O2. The number of nitrogens with zero attached hydrogens (tertiary/aromatic N) is 4. The molecular weight excluding hydrogens is 260 g/mol. The van der Waals surface area contributed by atoms with Crippen molar-refractivity contribution in [1.29, 1.82) is 0 Å². The van der Waals surface area contributed by atoms with E-state index < -0.39 is 0 Å². The molecule has 0 atom stereocenters. The van der Waals surface area contributed by atoms with Crippen molar-refractivity contribution in [2.45, 2.75) is 19.4 Å². The topological polar surface area (TPSA) is 97.7 Å². The standard InChI is InChI=1S/C12H16N6O2/c19-12(11-13-8-14-17-11)16-10-5-15-18(7-10)6-9-1-3-20-4-2-9/h5,7-9H,1-4,6H2,(H,16,19)(H,13,14,17). The summed E-state index contributed by atoms with van der Waals surface area (Å²) in [5.41, 5.74) is 0.651. The van der Waals surface area contributed by atoms with Crippen molar-refractivity contribution in [1.82, 2.24) is 25.0 Å². The Kier molecular flexibility index (Phi) is 3.73. The average molecular weight is 276 g/mol. The second-order valence-corrected chi connectivity index (χ2v) is 4.80. The molecule has 3 rings (SSSR count). The Morgan fingerprint density at radius 3 is 3.10 bits per heavy atom. The van der Waals surface area contributed by atoms with Crippen molar-refractivity contribution >= 4 is 11.6 Å². The molecule has 106 valence electrons. The zero-order valence-electron chi connectivity index (χ0n) is 11.0. The maximum absolute atomic E-state index is 11.8. The number of H-pyrrole nitrogens is 1. The third-order valence-electron chi connectivity index (χ3n) is 3.31. The molecule has 1 saturated heterocycles. The summed E-state index contributed by atoms with van der Waals surface area (Å²) in [4.78, 5) is 15.6. The largest absolute Gasteiger partial charge is 0.381 e. The lowest BCUT2D eigenvalue weighted by Crippen LogP contribution is -2.20. The normalized spacial score (nSPS) is 16.2. The van der Waals surface area contributed by atoms with E-state index in [1.165, 1.54) is 6.33 Å². The van der Waals surface area contributed by atoms with E-state index in [4.69, 9.17) is 4.74 Å². The molecule has 3 heterocycles. The first-order valence-electron chi connectivity index (χ1n) is 6.58. The Morgan fingerprint density at radius 2 is 2.35 bits per heavy atom. The SMILES string of the molecule is O=C(Nc1cnn(CC2CCOCC2)c1)c1ncn[nH]1. The molecule has 0 aromatic carbocycles. The van der Waals surface area contributed by atoms with E-state index in [1.807, 2.05) is 10.9 Å². The third-order valence-corrected chi connectivity index (χ3v) is 3.31. The van der Waals surface area contributed by atoms with Crippen LogP contribution in [0.4, 0.5) is 5.69 Å². The number of hydrogen-bond donors (Lipinski definition) is 2. The molecule has 0 unspecified atom stereocenters. The van der Waals surface area contributed by atoms with Gasteiger partial charge in [0.2, 0.25) is 5.82 Å². The third kappa shape index (κ3) is 3.02. The predicted octanol–water partition coefficient (Wildman–Crippen LogP) is 0.680. The van der Waals surface area contributed by atoms with Crippen LogP contribution in [0.1, 0.15) is 23.5 Å². The molecule has 1 aliphatic rings. The summed E-state index contributed by atoms with van der Waals surface area (Å²) in [6.07, 6.45) is 6.86. The zero-order chi connectivity index (χ0) is 13.8. The van der Waals surface area contributed by atoms with E-state index in [2.05, 4.69) is 25.6 Å². The Bertz CT molecular complexity index is 558. The van der Waals surface area contributed by atoms with Crippen molar-refractivity contribution in [3.8, 4) is 0 Å². The number of carbonyl (C=O) groups is 1.